The third-order valence-corrected chi connectivity index (χ3v) is 8.58. The van der Waals surface area contributed by atoms with Gasteiger partial charge >= 0.3 is 0 Å². The van der Waals surface area contributed by atoms with Gasteiger partial charge in [0.1, 0.15) is 0 Å². The number of pyridine rings is 1. The van der Waals surface area contributed by atoms with E-state index >= 15 is 0 Å². The molecule has 0 saturated carbocycles. The fourth-order valence-corrected chi connectivity index (χ4v) is 5.76. The molecule has 0 atom stereocenters. The second-order valence-corrected chi connectivity index (χ2v) is 17.0. The average Bonchev–Trinajstić information content (AvgIpc) is 2.87. The number of aliphatic hydroxyl groups excluding tert-OH is 1. The van der Waals surface area contributed by atoms with Gasteiger partial charge in [-0.25, -0.2) is 0 Å². The van der Waals surface area contributed by atoms with E-state index in [0.717, 1.165) is 22.3 Å². The first-order valence-corrected chi connectivity index (χ1v) is 17.2. The van der Waals surface area contributed by atoms with Crippen LogP contribution in [0.2, 0.25) is 19.6 Å². The molecule has 1 heterocycles. The van der Waals surface area contributed by atoms with E-state index < -0.39 is 8.07 Å². The number of ketones is 1. The van der Waals surface area contributed by atoms with Crippen molar-refractivity contribution in [2.45, 2.75) is 61.2 Å². The van der Waals surface area contributed by atoms with Crippen LogP contribution in [-0.2, 0) is 24.9 Å². The molecule has 4 aromatic rings. The minimum absolute atomic E-state index is 0. The van der Waals surface area contributed by atoms with E-state index in [0.29, 0.717) is 0 Å². The number of aryl methyl sites for hydroxylation is 2. The van der Waals surface area contributed by atoms with Crippen LogP contribution >= 0.6 is 0 Å². The number of hydrogen-bond acceptors (Lipinski definition) is 3. The van der Waals surface area contributed by atoms with E-state index in [1.807, 2.05) is 27.7 Å². The van der Waals surface area contributed by atoms with E-state index in [1.54, 1.807) is 0 Å². The van der Waals surface area contributed by atoms with E-state index in [1.165, 1.54) is 33.3 Å². The number of carbonyl (C=O) groups is 1. The molecule has 5 heteroatoms. The second-order valence-electron chi connectivity index (χ2n) is 11.9. The molecule has 40 heavy (non-hydrogen) atoms. The first-order chi connectivity index (χ1) is 18.3. The van der Waals surface area contributed by atoms with Crippen LogP contribution in [0.1, 0.15) is 38.8 Å². The van der Waals surface area contributed by atoms with Crippen LogP contribution < -0.4 is 5.19 Å². The molecule has 4 rings (SSSR count). The summed E-state index contributed by atoms with van der Waals surface area (Å²) >= 11 is 0. The Morgan fingerprint density at radius 3 is 2.08 bits per heavy atom. The molecule has 0 bridgehead atoms. The standard InChI is InChI=1S/C26H26NSi.C9H16O2.Ir/c1-18-13-19(2)15-23(14-18)26-25(28(3,4)5)17-22-16-21(11-12-24(22)27-26)20-9-7-6-8-10-20;1-6(2)8(10)5-9(11)7(3)4;/h6-14,16-17H,1-5H3;5-7,10H,1-4H3;/q-1;;/b;8-5-;. The largest absolute Gasteiger partial charge is 0.512 e. The molecule has 1 aromatic heterocycles. The van der Waals surface area contributed by atoms with E-state index in [4.69, 9.17) is 4.98 Å². The number of nitrogens with zero attached hydrogens (tertiary/aromatic N) is 1. The zero-order valence-corrected chi connectivity index (χ0v) is 28.6. The molecule has 0 aliphatic rings. The maximum absolute atomic E-state index is 11.0. The molecule has 0 aliphatic heterocycles. The Bertz CT molecular complexity index is 1460. The molecule has 0 saturated heterocycles. The van der Waals surface area contributed by atoms with Crippen LogP contribution in [0.3, 0.4) is 0 Å². The molecule has 3 nitrogen and oxygen atoms in total. The van der Waals surface area contributed by atoms with Gasteiger partial charge in [0.15, 0.2) is 5.78 Å². The van der Waals surface area contributed by atoms with Crippen molar-refractivity contribution in [1.82, 2.24) is 4.98 Å². The average molecular weight is 729 g/mol. The molecular formula is C35H42IrNO2Si-. The summed E-state index contributed by atoms with van der Waals surface area (Å²) < 4.78 is 0. The Labute approximate surface area is 255 Å². The summed E-state index contributed by atoms with van der Waals surface area (Å²) in [7, 11) is -1.59. The number of aliphatic hydroxyl groups is 1. The van der Waals surface area contributed by atoms with Gasteiger partial charge in [0.2, 0.25) is 0 Å². The quantitative estimate of drug-likeness (QED) is 0.0935. The van der Waals surface area contributed by atoms with Crippen molar-refractivity contribution >= 4 is 29.9 Å². The third kappa shape index (κ3) is 8.82. The number of carbonyl (C=O) groups excluding carboxylic acids is 1. The van der Waals surface area contributed by atoms with Gasteiger partial charge in [0.05, 0.1) is 19.3 Å². The van der Waals surface area contributed by atoms with E-state index in [9.17, 15) is 9.90 Å². The summed E-state index contributed by atoms with van der Waals surface area (Å²) in [5.74, 6) is 0.161. The van der Waals surface area contributed by atoms with Crippen molar-refractivity contribution in [3.8, 4) is 22.4 Å². The SMILES string of the molecule is CC(C)C(=O)/C=C(\O)C(C)C.Cc1[c-]c(-c2nc3ccc(-c4ccccc4)cc3cc2[Si](C)(C)C)cc(C)c1.[Ir]. The van der Waals surface area contributed by atoms with Crippen LogP contribution in [-0.4, -0.2) is 23.9 Å². The monoisotopic (exact) mass is 729 g/mol. The summed E-state index contributed by atoms with van der Waals surface area (Å²) in [4.78, 5) is 16.2. The fraction of sp³-hybridized carbons (Fsp3) is 0.314. The van der Waals surface area contributed by atoms with Crippen molar-refractivity contribution in [1.29, 1.82) is 0 Å². The minimum atomic E-state index is -1.59. The Kier molecular flexibility index (Phi) is 11.8. The van der Waals surface area contributed by atoms with Gasteiger partial charge in [-0.2, -0.15) is 0 Å². The van der Waals surface area contributed by atoms with Crippen LogP contribution in [0.5, 0.6) is 0 Å². The summed E-state index contributed by atoms with van der Waals surface area (Å²) in [6, 6.07) is 27.4. The zero-order valence-electron chi connectivity index (χ0n) is 25.2. The molecule has 0 amide bonds. The maximum Gasteiger partial charge on any atom is 0.161 e. The van der Waals surface area contributed by atoms with E-state index in [-0.39, 0.29) is 43.5 Å². The Morgan fingerprint density at radius 1 is 0.875 bits per heavy atom. The van der Waals surface area contributed by atoms with Crippen molar-refractivity contribution in [2.75, 3.05) is 0 Å². The van der Waals surface area contributed by atoms with Crippen molar-refractivity contribution in [3.63, 3.8) is 0 Å². The summed E-state index contributed by atoms with van der Waals surface area (Å²) in [5, 5.41) is 11.8. The minimum Gasteiger partial charge on any atom is -0.512 e. The Morgan fingerprint density at radius 2 is 1.52 bits per heavy atom. The smallest absolute Gasteiger partial charge is 0.161 e. The van der Waals surface area contributed by atoms with Gasteiger partial charge in [0.25, 0.3) is 0 Å². The number of rotatable bonds is 6. The van der Waals surface area contributed by atoms with Gasteiger partial charge in [-0.15, -0.1) is 34.9 Å². The first-order valence-electron chi connectivity index (χ1n) is 13.7. The van der Waals surface area contributed by atoms with Gasteiger partial charge in [-0.3, -0.25) is 9.78 Å². The van der Waals surface area contributed by atoms with Gasteiger partial charge in [-0.05, 0) is 34.3 Å². The molecule has 3 aromatic carbocycles. The van der Waals surface area contributed by atoms with Crippen LogP contribution in [0, 0.1) is 31.7 Å². The van der Waals surface area contributed by atoms with Gasteiger partial charge in [-0.1, -0.05) is 109 Å². The summed E-state index contributed by atoms with van der Waals surface area (Å²) in [5.41, 5.74) is 8.17. The van der Waals surface area contributed by atoms with Crippen molar-refractivity contribution in [2.24, 2.45) is 11.8 Å². The van der Waals surface area contributed by atoms with Crippen LogP contribution in [0.4, 0.5) is 0 Å². The van der Waals surface area contributed by atoms with Gasteiger partial charge in [0, 0.05) is 38.0 Å². The molecule has 1 radical (unpaired) electrons. The van der Waals surface area contributed by atoms with Crippen LogP contribution in [0.15, 0.2) is 78.6 Å². The molecule has 0 unspecified atom stereocenters. The predicted molar refractivity (Wildman–Crippen MR) is 169 cm³/mol. The second kappa shape index (κ2) is 14.2. The molecule has 213 valence electrons. The predicted octanol–water partition coefficient (Wildman–Crippen LogP) is 8.84. The first kappa shape index (κ1) is 33.4. The zero-order chi connectivity index (χ0) is 28.9. The van der Waals surface area contributed by atoms with Crippen molar-refractivity contribution < 1.29 is 30.0 Å². The van der Waals surface area contributed by atoms with Crippen LogP contribution in [0.25, 0.3) is 33.3 Å². The number of aromatic nitrogens is 1. The van der Waals surface area contributed by atoms with Crippen molar-refractivity contribution in [3.05, 3.63) is 95.8 Å². The van der Waals surface area contributed by atoms with E-state index in [2.05, 4.69) is 106 Å². The number of allylic oxidation sites excluding steroid dienone is 2. The molecule has 0 fully saturated rings. The number of fused-ring (bicyclic) bond motifs is 1. The third-order valence-electron chi connectivity index (χ3n) is 6.58. The molecule has 0 spiro atoms. The molecule has 0 aliphatic carbocycles. The number of benzene rings is 3. The molecule has 1 N–H and O–H groups in total. The molecular weight excluding hydrogens is 687 g/mol. The maximum atomic E-state index is 11.0. The van der Waals surface area contributed by atoms with Gasteiger partial charge < -0.3 is 5.11 Å². The normalized spacial score (nSPS) is 11.7. The summed E-state index contributed by atoms with van der Waals surface area (Å²) in [6.07, 6.45) is 1.31. The fourth-order valence-electron chi connectivity index (χ4n) is 4.27. The number of hydrogen-bond donors (Lipinski definition) is 1. The Balaban J connectivity index is 0.000000400. The Hall–Kier alpha value is -2.85. The topological polar surface area (TPSA) is 50.2 Å². The summed E-state index contributed by atoms with van der Waals surface area (Å²) in [6.45, 7) is 18.7.